The van der Waals surface area contributed by atoms with Crippen molar-refractivity contribution in [1.82, 2.24) is 0 Å². The normalized spacial score (nSPS) is 9.97. The van der Waals surface area contributed by atoms with Gasteiger partial charge in [0.2, 0.25) is 0 Å². The van der Waals surface area contributed by atoms with Crippen LogP contribution in [0.5, 0.6) is 5.75 Å². The average Bonchev–Trinajstić information content (AvgIpc) is 2.78. The minimum atomic E-state index is -0.347. The summed E-state index contributed by atoms with van der Waals surface area (Å²) >= 11 is 0. The number of hydrogen-bond acceptors (Lipinski definition) is 4. The van der Waals surface area contributed by atoms with Gasteiger partial charge in [-0.1, -0.05) is 36.4 Å². The molecule has 0 aliphatic carbocycles. The van der Waals surface area contributed by atoms with Crippen LogP contribution in [0.4, 0.5) is 11.4 Å². The highest BCUT2D eigenvalue weighted by Gasteiger charge is 2.14. The van der Waals surface area contributed by atoms with E-state index in [0.29, 0.717) is 47.7 Å². The molecule has 6 nitrogen and oxygen atoms in total. The van der Waals surface area contributed by atoms with Crippen molar-refractivity contribution in [3.05, 3.63) is 90.0 Å². The molecule has 0 aliphatic heterocycles. The Balaban J connectivity index is 1.69. The van der Waals surface area contributed by atoms with Crippen molar-refractivity contribution >= 4 is 23.2 Å². The summed E-state index contributed by atoms with van der Waals surface area (Å²) in [7, 11) is 0. The fraction of sp³-hybridized carbons (Fsp3) is 0.125. The highest BCUT2D eigenvalue weighted by atomic mass is 16.5. The summed E-state index contributed by atoms with van der Waals surface area (Å²) in [5, 5.41) is 14.2. The maximum absolute atomic E-state index is 12.8. The van der Waals surface area contributed by atoms with Gasteiger partial charge in [-0.3, -0.25) is 9.59 Å². The van der Waals surface area contributed by atoms with E-state index in [1.807, 2.05) is 6.07 Å². The molecule has 3 aromatic carbocycles. The van der Waals surface area contributed by atoms with Crippen molar-refractivity contribution in [3.8, 4) is 11.8 Å². The van der Waals surface area contributed by atoms with Gasteiger partial charge in [-0.2, -0.15) is 5.26 Å². The SMILES string of the molecule is N#CCCCOc1cccc(NC(=O)c2ccccc2NC(=O)c2ccccc2)c1. The lowest BCUT2D eigenvalue weighted by molar-refractivity contribution is 0.102. The van der Waals surface area contributed by atoms with Crippen LogP contribution >= 0.6 is 0 Å². The van der Waals surface area contributed by atoms with Crippen molar-refractivity contribution in [1.29, 1.82) is 5.26 Å². The first-order chi connectivity index (χ1) is 14.7. The smallest absolute Gasteiger partial charge is 0.257 e. The number of ether oxygens (including phenoxy) is 1. The Morgan fingerprint density at radius 2 is 1.63 bits per heavy atom. The van der Waals surface area contributed by atoms with E-state index in [1.54, 1.807) is 72.8 Å². The highest BCUT2D eigenvalue weighted by molar-refractivity contribution is 6.12. The van der Waals surface area contributed by atoms with Gasteiger partial charge < -0.3 is 15.4 Å². The number of amides is 2. The quantitative estimate of drug-likeness (QED) is 0.529. The number of carbonyl (C=O) groups is 2. The fourth-order valence-electron chi connectivity index (χ4n) is 2.78. The van der Waals surface area contributed by atoms with Gasteiger partial charge in [0.25, 0.3) is 11.8 Å². The topological polar surface area (TPSA) is 91.2 Å². The van der Waals surface area contributed by atoms with E-state index in [0.717, 1.165) is 0 Å². The summed E-state index contributed by atoms with van der Waals surface area (Å²) in [4.78, 5) is 25.3. The van der Waals surface area contributed by atoms with Gasteiger partial charge in [0.15, 0.2) is 0 Å². The predicted molar refractivity (Wildman–Crippen MR) is 116 cm³/mol. The Morgan fingerprint density at radius 1 is 0.867 bits per heavy atom. The van der Waals surface area contributed by atoms with Crippen molar-refractivity contribution in [2.24, 2.45) is 0 Å². The first-order valence-corrected chi connectivity index (χ1v) is 9.54. The van der Waals surface area contributed by atoms with Crippen molar-refractivity contribution < 1.29 is 14.3 Å². The number of nitrogens with zero attached hydrogens (tertiary/aromatic N) is 1. The van der Waals surface area contributed by atoms with E-state index < -0.39 is 0 Å². The standard InChI is InChI=1S/C24H21N3O3/c25-15-6-7-16-30-20-12-8-11-19(17-20)26-24(29)21-13-4-5-14-22(21)27-23(28)18-9-2-1-3-10-18/h1-5,8-14,17H,6-7,16H2,(H,26,29)(H,27,28). The first-order valence-electron chi connectivity index (χ1n) is 9.54. The molecule has 30 heavy (non-hydrogen) atoms. The predicted octanol–water partition coefficient (Wildman–Crippen LogP) is 4.87. The molecule has 0 spiro atoms. The van der Waals surface area contributed by atoms with Crippen molar-refractivity contribution in [2.45, 2.75) is 12.8 Å². The number of nitrogens with one attached hydrogen (secondary N) is 2. The van der Waals surface area contributed by atoms with Crippen LogP contribution in [0.15, 0.2) is 78.9 Å². The fourth-order valence-corrected chi connectivity index (χ4v) is 2.78. The van der Waals surface area contributed by atoms with E-state index in [2.05, 4.69) is 16.7 Å². The first kappa shape index (κ1) is 20.6. The molecule has 0 saturated heterocycles. The number of carbonyl (C=O) groups excluding carboxylic acids is 2. The van der Waals surface area contributed by atoms with Gasteiger partial charge in [-0.05, 0) is 42.8 Å². The molecule has 0 radical (unpaired) electrons. The molecule has 3 aromatic rings. The molecule has 0 fully saturated rings. The molecule has 2 amide bonds. The maximum Gasteiger partial charge on any atom is 0.257 e. The Labute approximate surface area is 175 Å². The Kier molecular flexibility index (Phi) is 7.17. The van der Waals surface area contributed by atoms with Gasteiger partial charge in [-0.25, -0.2) is 0 Å². The van der Waals surface area contributed by atoms with Crippen LogP contribution in [0.2, 0.25) is 0 Å². The maximum atomic E-state index is 12.8. The molecule has 150 valence electrons. The highest BCUT2D eigenvalue weighted by Crippen LogP contribution is 2.21. The number of hydrogen-bond donors (Lipinski definition) is 2. The molecule has 0 aromatic heterocycles. The molecule has 0 unspecified atom stereocenters. The Bertz CT molecular complexity index is 1060. The third-order valence-corrected chi connectivity index (χ3v) is 4.25. The van der Waals surface area contributed by atoms with Crippen LogP contribution < -0.4 is 15.4 Å². The molecule has 0 heterocycles. The van der Waals surface area contributed by atoms with E-state index in [-0.39, 0.29) is 11.8 Å². The largest absolute Gasteiger partial charge is 0.493 e. The Hall–Kier alpha value is -4.11. The van der Waals surface area contributed by atoms with Crippen LogP contribution in [-0.4, -0.2) is 18.4 Å². The molecule has 2 N–H and O–H groups in total. The number of para-hydroxylation sites is 1. The summed E-state index contributed by atoms with van der Waals surface area (Å²) in [6, 6.07) is 24.8. The lowest BCUT2D eigenvalue weighted by Gasteiger charge is -2.12. The van der Waals surface area contributed by atoms with Crippen molar-refractivity contribution in [2.75, 3.05) is 17.2 Å². The second kappa shape index (κ2) is 10.4. The van der Waals surface area contributed by atoms with Crippen LogP contribution in [0.1, 0.15) is 33.6 Å². The summed E-state index contributed by atoms with van der Waals surface area (Å²) in [5.74, 6) is -0.0272. The zero-order chi connectivity index (χ0) is 21.2. The van der Waals surface area contributed by atoms with E-state index in [1.165, 1.54) is 0 Å². The van der Waals surface area contributed by atoms with Gasteiger partial charge in [0.1, 0.15) is 5.75 Å². The van der Waals surface area contributed by atoms with Crippen LogP contribution in [0.25, 0.3) is 0 Å². The molecule has 0 aliphatic rings. The van der Waals surface area contributed by atoms with E-state index in [4.69, 9.17) is 10.00 Å². The molecule has 3 rings (SSSR count). The number of nitriles is 1. The lowest BCUT2D eigenvalue weighted by Crippen LogP contribution is -2.18. The molecule has 6 heteroatoms. The number of rotatable bonds is 8. The zero-order valence-electron chi connectivity index (χ0n) is 16.3. The van der Waals surface area contributed by atoms with Crippen LogP contribution in [-0.2, 0) is 0 Å². The van der Waals surface area contributed by atoms with Crippen LogP contribution in [0.3, 0.4) is 0 Å². The summed E-state index contributed by atoms with van der Waals surface area (Å²) < 4.78 is 5.60. The van der Waals surface area contributed by atoms with Gasteiger partial charge in [0, 0.05) is 23.7 Å². The number of anilines is 2. The van der Waals surface area contributed by atoms with E-state index >= 15 is 0 Å². The summed E-state index contributed by atoms with van der Waals surface area (Å²) in [6.07, 6.45) is 1.07. The van der Waals surface area contributed by atoms with E-state index in [9.17, 15) is 9.59 Å². The van der Waals surface area contributed by atoms with Gasteiger partial charge in [-0.15, -0.1) is 0 Å². The third-order valence-electron chi connectivity index (χ3n) is 4.25. The minimum Gasteiger partial charge on any atom is -0.493 e. The second-order valence-corrected chi connectivity index (χ2v) is 6.46. The number of unbranched alkanes of at least 4 members (excludes halogenated alkanes) is 1. The van der Waals surface area contributed by atoms with Crippen molar-refractivity contribution in [3.63, 3.8) is 0 Å². The zero-order valence-corrected chi connectivity index (χ0v) is 16.3. The van der Waals surface area contributed by atoms with Gasteiger partial charge >= 0.3 is 0 Å². The third kappa shape index (κ3) is 5.69. The van der Waals surface area contributed by atoms with Gasteiger partial charge in [0.05, 0.1) is 23.9 Å². The lowest BCUT2D eigenvalue weighted by atomic mass is 10.1. The second-order valence-electron chi connectivity index (χ2n) is 6.46. The monoisotopic (exact) mass is 399 g/mol. The number of benzene rings is 3. The minimum absolute atomic E-state index is 0.288. The summed E-state index contributed by atoms with van der Waals surface area (Å²) in [5.41, 5.74) is 1.85. The van der Waals surface area contributed by atoms with Crippen LogP contribution in [0, 0.1) is 11.3 Å². The molecular weight excluding hydrogens is 378 g/mol. The average molecular weight is 399 g/mol. The molecular formula is C24H21N3O3. The molecule has 0 bridgehead atoms. The Morgan fingerprint density at radius 3 is 2.43 bits per heavy atom. The summed E-state index contributed by atoms with van der Waals surface area (Å²) in [6.45, 7) is 0.430. The molecule has 0 saturated carbocycles. The molecule has 0 atom stereocenters.